The largest absolute Gasteiger partial charge is 0.383 e. The maximum absolute atomic E-state index is 13.6. The number of aromatic nitrogens is 2. The van der Waals surface area contributed by atoms with Crippen LogP contribution < -0.4 is 5.32 Å². The Kier molecular flexibility index (Phi) is 6.10. The number of benzene rings is 2. The van der Waals surface area contributed by atoms with Crippen molar-refractivity contribution in [3.05, 3.63) is 77.5 Å². The number of methoxy groups -OCH3 is 1. The second-order valence-electron chi connectivity index (χ2n) is 8.34. The van der Waals surface area contributed by atoms with Crippen molar-refractivity contribution >= 4 is 11.8 Å². The first kappa shape index (κ1) is 21.8. The molecule has 0 saturated carbocycles. The second-order valence-corrected chi connectivity index (χ2v) is 8.34. The third-order valence-electron chi connectivity index (χ3n) is 5.91. The van der Waals surface area contributed by atoms with E-state index >= 15 is 0 Å². The van der Waals surface area contributed by atoms with Gasteiger partial charge < -0.3 is 15.0 Å². The van der Waals surface area contributed by atoms with Gasteiger partial charge in [0.25, 0.3) is 5.91 Å². The number of nitrogens with one attached hydrogen (secondary N) is 1. The van der Waals surface area contributed by atoms with Crippen molar-refractivity contribution in [1.29, 1.82) is 0 Å². The highest BCUT2D eigenvalue weighted by atomic mass is 16.5. The molecule has 2 amide bonds. The zero-order valence-corrected chi connectivity index (χ0v) is 18.7. The summed E-state index contributed by atoms with van der Waals surface area (Å²) in [6.07, 6.45) is 0. The summed E-state index contributed by atoms with van der Waals surface area (Å²) in [5, 5.41) is 7.57. The van der Waals surface area contributed by atoms with E-state index in [2.05, 4.69) is 10.4 Å². The maximum atomic E-state index is 13.6. The monoisotopic (exact) mass is 432 g/mol. The normalized spacial score (nSPS) is 17.8. The zero-order chi connectivity index (χ0) is 22.7. The third kappa shape index (κ3) is 4.16. The van der Waals surface area contributed by atoms with Crippen molar-refractivity contribution in [1.82, 2.24) is 20.0 Å². The zero-order valence-electron chi connectivity index (χ0n) is 18.7. The molecule has 2 aromatic carbocycles. The minimum atomic E-state index is -1.09. The number of hydrogen-bond acceptors (Lipinski definition) is 4. The Morgan fingerprint density at radius 3 is 2.56 bits per heavy atom. The van der Waals surface area contributed by atoms with E-state index in [-0.39, 0.29) is 18.4 Å². The molecule has 3 aromatic rings. The van der Waals surface area contributed by atoms with Gasteiger partial charge in [0.05, 0.1) is 18.8 Å². The molecule has 2 heterocycles. The number of carbonyl (C=O) groups excluding carboxylic acids is 2. The van der Waals surface area contributed by atoms with Crippen molar-refractivity contribution in [2.45, 2.75) is 32.5 Å². The highest BCUT2D eigenvalue weighted by Crippen LogP contribution is 2.31. The van der Waals surface area contributed by atoms with Gasteiger partial charge in [0.1, 0.15) is 11.2 Å². The molecule has 1 aliphatic rings. The van der Waals surface area contributed by atoms with Crippen LogP contribution in [0, 0.1) is 6.92 Å². The number of ether oxygens (including phenoxy) is 1. The highest BCUT2D eigenvalue weighted by molar-refractivity contribution is 6.00. The number of amides is 2. The van der Waals surface area contributed by atoms with Crippen LogP contribution in [-0.4, -0.2) is 52.3 Å². The van der Waals surface area contributed by atoms with E-state index in [1.165, 1.54) is 0 Å². The number of carbonyl (C=O) groups is 2. The molecule has 1 N–H and O–H groups in total. The van der Waals surface area contributed by atoms with Gasteiger partial charge in [0, 0.05) is 25.8 Å². The molecule has 0 aliphatic carbocycles. The SMILES string of the molecule is COCCNC(=O)C1(C)Cn2nc(-c3ccccc3)cc2C(=O)N1Cc1ccc(C)cc1. The quantitative estimate of drug-likeness (QED) is 0.583. The van der Waals surface area contributed by atoms with Crippen LogP contribution >= 0.6 is 0 Å². The van der Waals surface area contributed by atoms with Crippen LogP contribution in [0.1, 0.15) is 28.5 Å². The van der Waals surface area contributed by atoms with Gasteiger partial charge >= 0.3 is 0 Å². The lowest BCUT2D eigenvalue weighted by Crippen LogP contribution is -2.63. The van der Waals surface area contributed by atoms with Crippen LogP contribution in [0.5, 0.6) is 0 Å². The molecule has 32 heavy (non-hydrogen) atoms. The van der Waals surface area contributed by atoms with Gasteiger partial charge in [-0.2, -0.15) is 5.10 Å². The molecule has 1 unspecified atom stereocenters. The summed E-state index contributed by atoms with van der Waals surface area (Å²) in [7, 11) is 1.59. The average molecular weight is 433 g/mol. The Hall–Kier alpha value is -3.45. The Balaban J connectivity index is 1.71. The lowest BCUT2D eigenvalue weighted by molar-refractivity contribution is -0.133. The molecule has 1 aliphatic heterocycles. The molecule has 7 nitrogen and oxygen atoms in total. The fourth-order valence-corrected chi connectivity index (χ4v) is 3.97. The van der Waals surface area contributed by atoms with Crippen molar-refractivity contribution in [3.63, 3.8) is 0 Å². The van der Waals surface area contributed by atoms with E-state index in [1.807, 2.05) is 67.6 Å². The Labute approximate surface area is 188 Å². The Morgan fingerprint density at radius 2 is 1.88 bits per heavy atom. The van der Waals surface area contributed by atoms with Crippen molar-refractivity contribution < 1.29 is 14.3 Å². The van der Waals surface area contributed by atoms with Crippen LogP contribution in [0.2, 0.25) is 0 Å². The van der Waals surface area contributed by atoms with E-state index in [4.69, 9.17) is 4.74 Å². The summed E-state index contributed by atoms with van der Waals surface area (Å²) < 4.78 is 6.72. The molecule has 7 heteroatoms. The summed E-state index contributed by atoms with van der Waals surface area (Å²) in [6, 6.07) is 19.5. The smallest absolute Gasteiger partial charge is 0.273 e. The lowest BCUT2D eigenvalue weighted by atomic mass is 9.94. The number of rotatable bonds is 7. The molecular weight excluding hydrogens is 404 g/mol. The fraction of sp³-hybridized carbons (Fsp3) is 0.320. The maximum Gasteiger partial charge on any atom is 0.273 e. The molecular formula is C25H28N4O3. The van der Waals surface area contributed by atoms with Gasteiger partial charge in [-0.25, -0.2) is 0 Å². The lowest BCUT2D eigenvalue weighted by Gasteiger charge is -2.43. The van der Waals surface area contributed by atoms with Crippen molar-refractivity contribution in [3.8, 4) is 11.3 Å². The van der Waals surface area contributed by atoms with E-state index in [0.29, 0.717) is 31.1 Å². The molecule has 0 spiro atoms. The molecule has 0 fully saturated rings. The van der Waals surface area contributed by atoms with Crippen LogP contribution in [0.15, 0.2) is 60.7 Å². The average Bonchev–Trinajstić information content (AvgIpc) is 3.22. The predicted molar refractivity (Wildman–Crippen MR) is 122 cm³/mol. The van der Waals surface area contributed by atoms with E-state index in [9.17, 15) is 9.59 Å². The van der Waals surface area contributed by atoms with Gasteiger partial charge in [0.2, 0.25) is 5.91 Å². The molecule has 1 aromatic heterocycles. The molecule has 166 valence electrons. The second kappa shape index (κ2) is 8.96. The number of nitrogens with zero attached hydrogens (tertiary/aromatic N) is 3. The van der Waals surface area contributed by atoms with Crippen LogP contribution in [0.25, 0.3) is 11.3 Å². The topological polar surface area (TPSA) is 76.5 Å². The van der Waals surface area contributed by atoms with Crippen molar-refractivity contribution in [2.75, 3.05) is 20.3 Å². The first-order valence-corrected chi connectivity index (χ1v) is 10.7. The third-order valence-corrected chi connectivity index (χ3v) is 5.91. The minimum Gasteiger partial charge on any atom is -0.383 e. The summed E-state index contributed by atoms with van der Waals surface area (Å²) in [6.45, 7) is 5.20. The van der Waals surface area contributed by atoms with E-state index in [1.54, 1.807) is 23.6 Å². The van der Waals surface area contributed by atoms with Gasteiger partial charge in [-0.15, -0.1) is 0 Å². The molecule has 0 bridgehead atoms. The van der Waals surface area contributed by atoms with Crippen LogP contribution in [0.4, 0.5) is 0 Å². The number of aryl methyl sites for hydroxylation is 1. The van der Waals surface area contributed by atoms with E-state index < -0.39 is 5.54 Å². The minimum absolute atomic E-state index is 0.212. The van der Waals surface area contributed by atoms with Gasteiger partial charge in [-0.3, -0.25) is 14.3 Å². The summed E-state index contributed by atoms with van der Waals surface area (Å²) >= 11 is 0. The highest BCUT2D eigenvalue weighted by Gasteiger charge is 2.47. The molecule has 0 radical (unpaired) electrons. The van der Waals surface area contributed by atoms with Crippen LogP contribution in [0.3, 0.4) is 0 Å². The Morgan fingerprint density at radius 1 is 1.16 bits per heavy atom. The van der Waals surface area contributed by atoms with Crippen LogP contribution in [-0.2, 0) is 22.6 Å². The molecule has 1 atom stereocenters. The first-order valence-electron chi connectivity index (χ1n) is 10.7. The van der Waals surface area contributed by atoms with Gasteiger partial charge in [0.15, 0.2) is 0 Å². The number of hydrogen-bond donors (Lipinski definition) is 1. The molecule has 4 rings (SSSR count). The van der Waals surface area contributed by atoms with Gasteiger partial charge in [-0.1, -0.05) is 60.2 Å². The first-order chi connectivity index (χ1) is 15.4. The number of fused-ring (bicyclic) bond motifs is 1. The molecule has 0 saturated heterocycles. The Bertz CT molecular complexity index is 1110. The summed E-state index contributed by atoms with van der Waals surface area (Å²) in [5.41, 5.74) is 3.15. The fourth-order valence-electron chi connectivity index (χ4n) is 3.97. The predicted octanol–water partition coefficient (Wildman–Crippen LogP) is 3.04. The van der Waals surface area contributed by atoms with Crippen molar-refractivity contribution in [2.24, 2.45) is 0 Å². The van der Waals surface area contributed by atoms with Gasteiger partial charge in [-0.05, 0) is 25.5 Å². The summed E-state index contributed by atoms with van der Waals surface area (Å²) in [4.78, 5) is 28.6. The van der Waals surface area contributed by atoms with E-state index in [0.717, 1.165) is 16.7 Å². The standard InChI is InChI=1S/C25H28N4O3/c1-18-9-11-19(12-10-18)16-28-23(30)22-15-21(20-7-5-4-6-8-20)27-29(22)17-25(28,2)24(31)26-13-14-32-3/h4-12,15H,13-14,16-17H2,1-3H3,(H,26,31). The summed E-state index contributed by atoms with van der Waals surface area (Å²) in [5.74, 6) is -0.437.